The first-order valence-electron chi connectivity index (χ1n) is 5.31. The van der Waals surface area contributed by atoms with Gasteiger partial charge in [-0.15, -0.1) is 0 Å². The average Bonchev–Trinajstić information content (AvgIpc) is 2.57. The van der Waals surface area contributed by atoms with E-state index in [0.29, 0.717) is 5.41 Å². The number of nitrogens with one attached hydrogen (secondary N) is 1. The standard InChI is InChI=1S/C11H15NO/c13-10-2-1-4-11-5-3-8(7-11)6-9(11)12-10/h6,8H,1-5,7H2,(H,12,13). The van der Waals surface area contributed by atoms with Crippen LogP contribution in [0.5, 0.6) is 0 Å². The molecular weight excluding hydrogens is 162 g/mol. The maximum atomic E-state index is 11.3. The van der Waals surface area contributed by atoms with Gasteiger partial charge in [0, 0.05) is 17.5 Å². The molecule has 2 aliphatic carbocycles. The minimum absolute atomic E-state index is 0.232. The highest BCUT2D eigenvalue weighted by Crippen LogP contribution is 2.56. The van der Waals surface area contributed by atoms with Gasteiger partial charge in [0.2, 0.25) is 5.91 Å². The fourth-order valence-corrected chi connectivity index (χ4v) is 3.30. The Morgan fingerprint density at radius 1 is 1.46 bits per heavy atom. The van der Waals surface area contributed by atoms with Crippen molar-refractivity contribution in [3.8, 4) is 0 Å². The van der Waals surface area contributed by atoms with E-state index in [0.717, 1.165) is 18.8 Å². The van der Waals surface area contributed by atoms with E-state index in [1.807, 2.05) is 0 Å². The van der Waals surface area contributed by atoms with Gasteiger partial charge in [0.05, 0.1) is 0 Å². The molecule has 13 heavy (non-hydrogen) atoms. The number of hydrogen-bond donors (Lipinski definition) is 1. The predicted octanol–water partition coefficient (Wildman–Crippen LogP) is 1.97. The van der Waals surface area contributed by atoms with Crippen LogP contribution in [0.2, 0.25) is 0 Å². The summed E-state index contributed by atoms with van der Waals surface area (Å²) in [6.45, 7) is 0. The molecule has 2 heteroatoms. The zero-order chi connectivity index (χ0) is 8.89. The van der Waals surface area contributed by atoms with Crippen LogP contribution in [0.25, 0.3) is 0 Å². The molecule has 1 amide bonds. The predicted molar refractivity (Wildman–Crippen MR) is 49.9 cm³/mol. The molecule has 1 spiro atoms. The lowest BCUT2D eigenvalue weighted by Gasteiger charge is -2.27. The van der Waals surface area contributed by atoms with Crippen molar-refractivity contribution in [2.75, 3.05) is 0 Å². The lowest BCUT2D eigenvalue weighted by molar-refractivity contribution is -0.120. The maximum absolute atomic E-state index is 11.3. The van der Waals surface area contributed by atoms with Crippen molar-refractivity contribution in [1.29, 1.82) is 0 Å². The van der Waals surface area contributed by atoms with Crippen LogP contribution in [0.4, 0.5) is 0 Å². The highest BCUT2D eigenvalue weighted by Gasteiger charge is 2.47. The van der Waals surface area contributed by atoms with Gasteiger partial charge in [-0.2, -0.15) is 0 Å². The van der Waals surface area contributed by atoms with Crippen molar-refractivity contribution < 1.29 is 4.79 Å². The fraction of sp³-hybridized carbons (Fsp3) is 0.727. The largest absolute Gasteiger partial charge is 0.330 e. The van der Waals surface area contributed by atoms with Gasteiger partial charge in [0.15, 0.2) is 0 Å². The molecule has 1 heterocycles. The Balaban J connectivity index is 1.98. The van der Waals surface area contributed by atoms with Crippen LogP contribution < -0.4 is 5.32 Å². The van der Waals surface area contributed by atoms with Gasteiger partial charge in [-0.25, -0.2) is 0 Å². The molecule has 3 rings (SSSR count). The molecule has 3 aliphatic rings. The quantitative estimate of drug-likeness (QED) is 0.602. The first-order valence-corrected chi connectivity index (χ1v) is 5.31. The molecule has 0 aromatic rings. The zero-order valence-corrected chi connectivity index (χ0v) is 7.81. The number of rotatable bonds is 0. The van der Waals surface area contributed by atoms with E-state index in [1.54, 1.807) is 0 Å². The molecule has 2 bridgehead atoms. The molecule has 2 nitrogen and oxygen atoms in total. The first-order chi connectivity index (χ1) is 6.28. The number of carbonyl (C=O) groups is 1. The fourth-order valence-electron chi connectivity index (χ4n) is 3.30. The number of amides is 1. The second-order valence-electron chi connectivity index (χ2n) is 4.77. The van der Waals surface area contributed by atoms with Gasteiger partial charge in [0.1, 0.15) is 0 Å². The molecule has 0 aromatic heterocycles. The Kier molecular flexibility index (Phi) is 1.38. The molecule has 0 radical (unpaired) electrons. The Morgan fingerprint density at radius 2 is 2.38 bits per heavy atom. The number of fused-ring (bicyclic) bond motifs is 1. The van der Waals surface area contributed by atoms with Crippen LogP contribution in [-0.4, -0.2) is 5.91 Å². The minimum Gasteiger partial charge on any atom is -0.330 e. The van der Waals surface area contributed by atoms with Crippen LogP contribution in [0.1, 0.15) is 38.5 Å². The lowest BCUT2D eigenvalue weighted by Crippen LogP contribution is -2.28. The second kappa shape index (κ2) is 2.37. The van der Waals surface area contributed by atoms with E-state index in [1.165, 1.54) is 31.4 Å². The molecule has 1 saturated carbocycles. The van der Waals surface area contributed by atoms with Crippen molar-refractivity contribution in [2.24, 2.45) is 11.3 Å². The third-order valence-corrected chi connectivity index (χ3v) is 3.95. The van der Waals surface area contributed by atoms with Crippen molar-refractivity contribution >= 4 is 5.91 Å². The molecule has 2 atom stereocenters. The Bertz CT molecular complexity index is 294. The van der Waals surface area contributed by atoms with Gasteiger partial charge < -0.3 is 5.32 Å². The molecular formula is C11H15NO. The van der Waals surface area contributed by atoms with Gasteiger partial charge in [0.25, 0.3) is 0 Å². The van der Waals surface area contributed by atoms with E-state index >= 15 is 0 Å². The van der Waals surface area contributed by atoms with E-state index in [9.17, 15) is 4.79 Å². The highest BCUT2D eigenvalue weighted by atomic mass is 16.1. The Morgan fingerprint density at radius 3 is 3.23 bits per heavy atom. The minimum atomic E-state index is 0.232. The summed E-state index contributed by atoms with van der Waals surface area (Å²) in [6, 6.07) is 0. The molecule has 70 valence electrons. The van der Waals surface area contributed by atoms with Crippen molar-refractivity contribution in [2.45, 2.75) is 38.5 Å². The van der Waals surface area contributed by atoms with E-state index in [4.69, 9.17) is 0 Å². The summed E-state index contributed by atoms with van der Waals surface area (Å²) in [5, 5.41) is 3.09. The topological polar surface area (TPSA) is 29.1 Å². The smallest absolute Gasteiger partial charge is 0.224 e. The lowest BCUT2D eigenvalue weighted by atomic mass is 9.80. The summed E-state index contributed by atoms with van der Waals surface area (Å²) in [5.74, 6) is 1.00. The summed E-state index contributed by atoms with van der Waals surface area (Å²) in [4.78, 5) is 11.3. The van der Waals surface area contributed by atoms with Gasteiger partial charge >= 0.3 is 0 Å². The van der Waals surface area contributed by atoms with Crippen LogP contribution in [0.15, 0.2) is 11.8 Å². The van der Waals surface area contributed by atoms with Crippen LogP contribution in [0, 0.1) is 11.3 Å². The number of hydrogen-bond acceptors (Lipinski definition) is 1. The Labute approximate surface area is 78.4 Å². The summed E-state index contributed by atoms with van der Waals surface area (Å²) in [6.07, 6.45) is 9.31. The van der Waals surface area contributed by atoms with Gasteiger partial charge in [-0.05, 0) is 38.0 Å². The van der Waals surface area contributed by atoms with Crippen LogP contribution >= 0.6 is 0 Å². The van der Waals surface area contributed by atoms with Crippen LogP contribution in [-0.2, 0) is 4.79 Å². The van der Waals surface area contributed by atoms with E-state index in [-0.39, 0.29) is 5.91 Å². The van der Waals surface area contributed by atoms with Crippen LogP contribution in [0.3, 0.4) is 0 Å². The summed E-state index contributed by atoms with van der Waals surface area (Å²) in [7, 11) is 0. The summed E-state index contributed by atoms with van der Waals surface area (Å²) in [5.41, 5.74) is 1.67. The van der Waals surface area contributed by atoms with E-state index < -0.39 is 0 Å². The number of allylic oxidation sites excluding steroid dienone is 2. The SMILES string of the molecule is O=C1CCCC23CCC(C=C2N1)C3. The summed E-state index contributed by atoms with van der Waals surface area (Å²) >= 11 is 0. The average molecular weight is 177 g/mol. The third kappa shape index (κ3) is 0.976. The second-order valence-corrected chi connectivity index (χ2v) is 4.77. The Hall–Kier alpha value is -0.790. The molecule has 2 unspecified atom stereocenters. The molecule has 0 aromatic carbocycles. The van der Waals surface area contributed by atoms with Crippen molar-refractivity contribution in [3.63, 3.8) is 0 Å². The molecule has 1 saturated heterocycles. The van der Waals surface area contributed by atoms with Crippen molar-refractivity contribution in [3.05, 3.63) is 11.8 Å². The third-order valence-electron chi connectivity index (χ3n) is 3.95. The monoisotopic (exact) mass is 177 g/mol. The van der Waals surface area contributed by atoms with Crippen molar-refractivity contribution in [1.82, 2.24) is 5.32 Å². The normalized spacial score (nSPS) is 42.3. The van der Waals surface area contributed by atoms with E-state index in [2.05, 4.69) is 11.4 Å². The number of carbonyl (C=O) groups excluding carboxylic acids is 1. The maximum Gasteiger partial charge on any atom is 0.224 e. The molecule has 1 N–H and O–H groups in total. The molecule has 1 aliphatic heterocycles. The first kappa shape index (κ1) is 7.60. The summed E-state index contributed by atoms with van der Waals surface area (Å²) < 4.78 is 0. The molecule has 2 fully saturated rings. The highest BCUT2D eigenvalue weighted by molar-refractivity contribution is 5.78. The van der Waals surface area contributed by atoms with Gasteiger partial charge in [-0.3, -0.25) is 4.79 Å². The zero-order valence-electron chi connectivity index (χ0n) is 7.81. The van der Waals surface area contributed by atoms with Gasteiger partial charge in [-0.1, -0.05) is 6.08 Å².